The standard InChI is InChI=1S/C25H35N7O/c1-5-15-26-25(33)28-19-11-9-18(10-12-19)27-23-22-17(4)31-32(20-13-7-16(3)8-14-20)24(22)30-21(6-2)29-23/h7-8,13-14,18-19H,5-6,9-12,15H2,1-4H3,(H2,26,28,33)(H,27,29,30). The fourth-order valence-electron chi connectivity index (χ4n) is 4.41. The Bertz CT molecular complexity index is 1100. The van der Waals surface area contributed by atoms with Crippen molar-refractivity contribution >= 4 is 22.9 Å². The van der Waals surface area contributed by atoms with Crippen LogP contribution in [0.4, 0.5) is 10.6 Å². The highest BCUT2D eigenvalue weighted by Gasteiger charge is 2.25. The average Bonchev–Trinajstić information content (AvgIpc) is 3.16. The predicted octanol–water partition coefficient (Wildman–Crippen LogP) is 4.43. The number of fused-ring (bicyclic) bond motifs is 1. The second kappa shape index (κ2) is 10.2. The molecule has 3 N–H and O–H groups in total. The molecule has 0 spiro atoms. The SMILES string of the molecule is CCCNC(=O)NC1CCC(Nc2nc(CC)nc3c2c(C)nn3-c2ccc(C)cc2)CC1. The summed E-state index contributed by atoms with van der Waals surface area (Å²) in [5.74, 6) is 1.67. The first-order chi connectivity index (χ1) is 16.0. The predicted molar refractivity (Wildman–Crippen MR) is 132 cm³/mol. The Hall–Kier alpha value is -3.16. The second-order valence-electron chi connectivity index (χ2n) is 8.97. The van der Waals surface area contributed by atoms with Gasteiger partial charge in [-0.15, -0.1) is 0 Å². The third kappa shape index (κ3) is 5.26. The minimum absolute atomic E-state index is 0.0579. The molecule has 0 aliphatic heterocycles. The highest BCUT2D eigenvalue weighted by atomic mass is 16.2. The van der Waals surface area contributed by atoms with Gasteiger partial charge < -0.3 is 16.0 Å². The van der Waals surface area contributed by atoms with Crippen LogP contribution in [0.1, 0.15) is 63.0 Å². The smallest absolute Gasteiger partial charge is 0.315 e. The second-order valence-corrected chi connectivity index (χ2v) is 8.97. The Morgan fingerprint density at radius 1 is 1.03 bits per heavy atom. The number of carbonyl (C=O) groups excluding carboxylic acids is 1. The molecule has 0 saturated heterocycles. The summed E-state index contributed by atoms with van der Waals surface area (Å²) in [4.78, 5) is 21.6. The molecule has 8 heteroatoms. The molecule has 176 valence electrons. The number of urea groups is 1. The van der Waals surface area contributed by atoms with Gasteiger partial charge in [0.15, 0.2) is 5.65 Å². The fraction of sp³-hybridized carbons (Fsp3) is 0.520. The van der Waals surface area contributed by atoms with Crippen LogP contribution in [0.5, 0.6) is 0 Å². The number of rotatable bonds is 7. The number of nitrogens with one attached hydrogen (secondary N) is 3. The normalized spacial score (nSPS) is 18.3. The van der Waals surface area contributed by atoms with Gasteiger partial charge in [-0.25, -0.2) is 19.4 Å². The molecule has 1 aliphatic rings. The number of amides is 2. The first-order valence-corrected chi connectivity index (χ1v) is 12.1. The van der Waals surface area contributed by atoms with E-state index in [0.717, 1.165) is 72.6 Å². The summed E-state index contributed by atoms with van der Waals surface area (Å²) in [5.41, 5.74) is 3.97. The molecule has 1 saturated carbocycles. The summed E-state index contributed by atoms with van der Waals surface area (Å²) in [5, 5.41) is 15.5. The molecule has 1 fully saturated rings. The summed E-state index contributed by atoms with van der Waals surface area (Å²) in [6.07, 6.45) is 5.57. The van der Waals surface area contributed by atoms with Crippen molar-refractivity contribution in [2.24, 2.45) is 0 Å². The van der Waals surface area contributed by atoms with Crippen molar-refractivity contribution in [2.75, 3.05) is 11.9 Å². The topological polar surface area (TPSA) is 96.8 Å². The summed E-state index contributed by atoms with van der Waals surface area (Å²) >= 11 is 0. The highest BCUT2D eigenvalue weighted by molar-refractivity contribution is 5.90. The lowest BCUT2D eigenvalue weighted by Crippen LogP contribution is -2.45. The first-order valence-electron chi connectivity index (χ1n) is 12.1. The Morgan fingerprint density at radius 2 is 1.73 bits per heavy atom. The maximum absolute atomic E-state index is 12.0. The zero-order valence-corrected chi connectivity index (χ0v) is 20.1. The number of hydrogen-bond donors (Lipinski definition) is 3. The van der Waals surface area contributed by atoms with Gasteiger partial charge in [-0.05, 0) is 58.1 Å². The quantitative estimate of drug-likeness (QED) is 0.496. The van der Waals surface area contributed by atoms with Gasteiger partial charge in [0, 0.05) is 25.0 Å². The van der Waals surface area contributed by atoms with Crippen molar-refractivity contribution < 1.29 is 4.79 Å². The lowest BCUT2D eigenvalue weighted by atomic mass is 9.91. The molecule has 4 rings (SSSR count). The van der Waals surface area contributed by atoms with E-state index in [9.17, 15) is 4.79 Å². The molecule has 0 radical (unpaired) electrons. The molecule has 0 unspecified atom stereocenters. The number of hydrogen-bond acceptors (Lipinski definition) is 5. The first kappa shape index (κ1) is 23.0. The zero-order chi connectivity index (χ0) is 23.4. The van der Waals surface area contributed by atoms with Crippen molar-refractivity contribution in [2.45, 2.75) is 78.3 Å². The minimum atomic E-state index is -0.0579. The molecule has 1 aliphatic carbocycles. The number of aryl methyl sites for hydroxylation is 3. The summed E-state index contributed by atoms with van der Waals surface area (Å²) in [7, 11) is 0. The van der Waals surface area contributed by atoms with E-state index in [4.69, 9.17) is 15.1 Å². The Morgan fingerprint density at radius 3 is 2.39 bits per heavy atom. The van der Waals surface area contributed by atoms with Gasteiger partial charge in [0.25, 0.3) is 0 Å². The van der Waals surface area contributed by atoms with E-state index in [1.54, 1.807) is 0 Å². The van der Waals surface area contributed by atoms with Crippen LogP contribution in [0.3, 0.4) is 0 Å². The summed E-state index contributed by atoms with van der Waals surface area (Å²) < 4.78 is 1.92. The van der Waals surface area contributed by atoms with Crippen LogP contribution in [0.25, 0.3) is 16.7 Å². The van der Waals surface area contributed by atoms with Crippen molar-refractivity contribution in [1.29, 1.82) is 0 Å². The largest absolute Gasteiger partial charge is 0.367 e. The van der Waals surface area contributed by atoms with E-state index >= 15 is 0 Å². The number of benzene rings is 1. The van der Waals surface area contributed by atoms with Crippen molar-refractivity contribution in [3.8, 4) is 5.69 Å². The lowest BCUT2D eigenvalue weighted by Gasteiger charge is -2.30. The minimum Gasteiger partial charge on any atom is -0.367 e. The van der Waals surface area contributed by atoms with Gasteiger partial charge in [0.2, 0.25) is 0 Å². The molecule has 33 heavy (non-hydrogen) atoms. The van der Waals surface area contributed by atoms with Crippen molar-refractivity contribution in [3.63, 3.8) is 0 Å². The summed E-state index contributed by atoms with van der Waals surface area (Å²) in [6.45, 7) is 8.94. The number of carbonyl (C=O) groups is 1. The number of nitrogens with zero attached hydrogens (tertiary/aromatic N) is 4. The van der Waals surface area contributed by atoms with E-state index in [0.29, 0.717) is 12.6 Å². The monoisotopic (exact) mass is 449 g/mol. The van der Waals surface area contributed by atoms with E-state index in [2.05, 4.69) is 61.0 Å². The van der Waals surface area contributed by atoms with Gasteiger partial charge in [-0.2, -0.15) is 5.10 Å². The highest BCUT2D eigenvalue weighted by Crippen LogP contribution is 2.29. The fourth-order valence-corrected chi connectivity index (χ4v) is 4.41. The van der Waals surface area contributed by atoms with Gasteiger partial charge >= 0.3 is 6.03 Å². The Kier molecular flexibility index (Phi) is 7.11. The van der Waals surface area contributed by atoms with Crippen LogP contribution in [0.15, 0.2) is 24.3 Å². The molecule has 2 amide bonds. The maximum atomic E-state index is 12.0. The van der Waals surface area contributed by atoms with Crippen molar-refractivity contribution in [1.82, 2.24) is 30.4 Å². The van der Waals surface area contributed by atoms with E-state index < -0.39 is 0 Å². The molecular weight excluding hydrogens is 414 g/mol. The summed E-state index contributed by atoms with van der Waals surface area (Å²) in [6, 6.07) is 8.81. The van der Waals surface area contributed by atoms with Gasteiger partial charge in [-0.1, -0.05) is 31.5 Å². The van der Waals surface area contributed by atoms with Crippen LogP contribution in [0.2, 0.25) is 0 Å². The zero-order valence-electron chi connectivity index (χ0n) is 20.1. The van der Waals surface area contributed by atoms with Crippen LogP contribution in [0, 0.1) is 13.8 Å². The lowest BCUT2D eigenvalue weighted by molar-refractivity contribution is 0.232. The molecule has 8 nitrogen and oxygen atoms in total. The number of anilines is 1. The molecule has 2 aromatic heterocycles. The third-order valence-electron chi connectivity index (χ3n) is 6.28. The number of aromatic nitrogens is 4. The van der Waals surface area contributed by atoms with Crippen LogP contribution in [-0.2, 0) is 6.42 Å². The molecule has 3 aromatic rings. The van der Waals surface area contributed by atoms with E-state index in [1.165, 1.54) is 5.56 Å². The Balaban J connectivity index is 1.52. The molecule has 2 heterocycles. The van der Waals surface area contributed by atoms with Crippen LogP contribution >= 0.6 is 0 Å². The molecule has 0 bridgehead atoms. The third-order valence-corrected chi connectivity index (χ3v) is 6.28. The molecule has 0 atom stereocenters. The molecule has 1 aromatic carbocycles. The molecular formula is C25H35N7O. The van der Waals surface area contributed by atoms with E-state index in [-0.39, 0.29) is 12.1 Å². The van der Waals surface area contributed by atoms with E-state index in [1.807, 2.05) is 11.6 Å². The van der Waals surface area contributed by atoms with Gasteiger partial charge in [0.1, 0.15) is 11.6 Å². The van der Waals surface area contributed by atoms with Crippen LogP contribution < -0.4 is 16.0 Å². The Labute approximate surface area is 195 Å². The van der Waals surface area contributed by atoms with Gasteiger partial charge in [-0.3, -0.25) is 0 Å². The van der Waals surface area contributed by atoms with Gasteiger partial charge in [0.05, 0.1) is 16.8 Å². The maximum Gasteiger partial charge on any atom is 0.315 e. The van der Waals surface area contributed by atoms with Crippen LogP contribution in [-0.4, -0.2) is 44.4 Å². The average molecular weight is 450 g/mol. The van der Waals surface area contributed by atoms with Crippen molar-refractivity contribution in [3.05, 3.63) is 41.3 Å².